The highest BCUT2D eigenvalue weighted by molar-refractivity contribution is 5.89. The Labute approximate surface area is 161 Å². The van der Waals surface area contributed by atoms with E-state index < -0.39 is 0 Å². The van der Waals surface area contributed by atoms with E-state index in [1.165, 1.54) is 11.1 Å². The van der Waals surface area contributed by atoms with E-state index >= 15 is 0 Å². The van der Waals surface area contributed by atoms with Crippen LogP contribution in [0.3, 0.4) is 0 Å². The quantitative estimate of drug-likeness (QED) is 0.467. The highest BCUT2D eigenvalue weighted by Crippen LogP contribution is 2.09. The first kappa shape index (κ1) is 20.3. The van der Waals surface area contributed by atoms with Crippen LogP contribution in [0.5, 0.6) is 0 Å². The van der Waals surface area contributed by atoms with Crippen LogP contribution >= 0.6 is 0 Å². The fraction of sp³-hybridized carbons (Fsp3) is 0.333. The van der Waals surface area contributed by atoms with Gasteiger partial charge in [0.05, 0.1) is 0 Å². The molecule has 0 saturated carbocycles. The van der Waals surface area contributed by atoms with E-state index in [9.17, 15) is 4.79 Å². The molecular weight excluding hydrogens is 338 g/mol. The van der Waals surface area contributed by atoms with Gasteiger partial charge < -0.3 is 21.3 Å². The van der Waals surface area contributed by atoms with Crippen molar-refractivity contribution in [1.82, 2.24) is 16.0 Å². The molecule has 0 heterocycles. The molecule has 0 spiro atoms. The summed E-state index contributed by atoms with van der Waals surface area (Å²) in [5.74, 6) is 0.745. The Kier molecular flexibility index (Phi) is 7.67. The van der Waals surface area contributed by atoms with E-state index in [2.05, 4.69) is 57.4 Å². The number of guanidine groups is 1. The van der Waals surface area contributed by atoms with Crippen LogP contribution < -0.4 is 21.3 Å². The van der Waals surface area contributed by atoms with Gasteiger partial charge >= 0.3 is 6.03 Å². The fourth-order valence-corrected chi connectivity index (χ4v) is 2.43. The number of nitrogens with one attached hydrogen (secondary N) is 4. The molecule has 2 amide bonds. The number of benzene rings is 2. The van der Waals surface area contributed by atoms with Crippen LogP contribution in [0, 0.1) is 6.92 Å². The van der Waals surface area contributed by atoms with Crippen LogP contribution in [-0.4, -0.2) is 25.1 Å². The Balaban J connectivity index is 1.80. The largest absolute Gasteiger partial charge is 0.352 e. The predicted molar refractivity (Wildman–Crippen MR) is 112 cm³/mol. The second kappa shape index (κ2) is 10.2. The molecule has 0 aromatic heterocycles. The second-order valence-corrected chi connectivity index (χ2v) is 6.72. The van der Waals surface area contributed by atoms with Crippen molar-refractivity contribution in [3.8, 4) is 0 Å². The Morgan fingerprint density at radius 2 is 1.44 bits per heavy atom. The van der Waals surface area contributed by atoms with E-state index in [0.717, 1.165) is 17.2 Å². The molecule has 2 rings (SSSR count). The number of aliphatic imine (C=N–C) groups is 1. The van der Waals surface area contributed by atoms with Crippen molar-refractivity contribution in [3.63, 3.8) is 0 Å². The third kappa shape index (κ3) is 7.40. The molecule has 2 aromatic carbocycles. The maximum atomic E-state index is 11.7. The van der Waals surface area contributed by atoms with Gasteiger partial charge in [0.25, 0.3) is 0 Å². The zero-order valence-electron chi connectivity index (χ0n) is 16.5. The maximum Gasteiger partial charge on any atom is 0.319 e. The number of nitrogens with zero attached hydrogens (tertiary/aromatic N) is 1. The zero-order chi connectivity index (χ0) is 19.6. The van der Waals surface area contributed by atoms with Crippen molar-refractivity contribution in [2.24, 2.45) is 4.99 Å². The molecule has 6 nitrogen and oxygen atoms in total. The van der Waals surface area contributed by atoms with Crippen molar-refractivity contribution in [1.29, 1.82) is 0 Å². The summed E-state index contributed by atoms with van der Waals surface area (Å²) in [6.07, 6.45) is 0. The minimum absolute atomic E-state index is 0.104. The Morgan fingerprint density at radius 1 is 0.926 bits per heavy atom. The lowest BCUT2D eigenvalue weighted by Crippen LogP contribution is -2.36. The van der Waals surface area contributed by atoms with Crippen LogP contribution in [0.2, 0.25) is 0 Å². The summed E-state index contributed by atoms with van der Waals surface area (Å²) in [5, 5.41) is 12.2. The van der Waals surface area contributed by atoms with E-state index in [4.69, 9.17) is 0 Å². The summed E-state index contributed by atoms with van der Waals surface area (Å²) in [4.78, 5) is 16.0. The van der Waals surface area contributed by atoms with Crippen molar-refractivity contribution >= 4 is 17.7 Å². The summed E-state index contributed by atoms with van der Waals surface area (Å²) in [7, 11) is 1.75. The third-order valence-electron chi connectivity index (χ3n) is 3.90. The van der Waals surface area contributed by atoms with Crippen LogP contribution in [0.15, 0.2) is 53.5 Å². The normalized spacial score (nSPS) is 11.2. The molecule has 0 aliphatic carbocycles. The van der Waals surface area contributed by atoms with Crippen molar-refractivity contribution in [2.45, 2.75) is 39.9 Å². The summed E-state index contributed by atoms with van der Waals surface area (Å²) in [5.41, 5.74) is 4.32. The molecule has 0 atom stereocenters. The first-order chi connectivity index (χ1) is 13.0. The Hall–Kier alpha value is -3.02. The van der Waals surface area contributed by atoms with Gasteiger partial charge in [0.15, 0.2) is 5.96 Å². The standard InChI is InChI=1S/C21H29N5O/c1-15(2)25-21(27)26-19-11-9-18(10-12-19)14-24-20(22-4)23-13-17-7-5-16(3)6-8-17/h5-12,15H,13-14H2,1-4H3,(H2,22,23,24)(H2,25,26,27). The molecule has 0 aliphatic heterocycles. The van der Waals surface area contributed by atoms with Gasteiger partial charge in [-0.05, 0) is 44.0 Å². The van der Waals surface area contributed by atoms with Crippen LogP contribution in [0.1, 0.15) is 30.5 Å². The second-order valence-electron chi connectivity index (χ2n) is 6.72. The lowest BCUT2D eigenvalue weighted by atomic mass is 10.1. The molecule has 144 valence electrons. The molecule has 4 N–H and O–H groups in total. The SMILES string of the molecule is CN=C(NCc1ccc(C)cc1)NCc1ccc(NC(=O)NC(C)C)cc1. The minimum atomic E-state index is -0.198. The molecule has 0 bridgehead atoms. The van der Waals surface area contributed by atoms with Gasteiger partial charge in [0, 0.05) is 31.9 Å². The van der Waals surface area contributed by atoms with Gasteiger partial charge in [-0.25, -0.2) is 4.79 Å². The van der Waals surface area contributed by atoms with E-state index in [-0.39, 0.29) is 12.1 Å². The molecule has 0 saturated heterocycles. The van der Waals surface area contributed by atoms with E-state index in [1.54, 1.807) is 7.05 Å². The molecule has 27 heavy (non-hydrogen) atoms. The number of anilines is 1. The fourth-order valence-electron chi connectivity index (χ4n) is 2.43. The first-order valence-electron chi connectivity index (χ1n) is 9.13. The van der Waals surface area contributed by atoms with Gasteiger partial charge in [-0.15, -0.1) is 0 Å². The summed E-state index contributed by atoms with van der Waals surface area (Å²) >= 11 is 0. The third-order valence-corrected chi connectivity index (χ3v) is 3.90. The van der Waals surface area contributed by atoms with Gasteiger partial charge in [-0.3, -0.25) is 4.99 Å². The number of hydrogen-bond donors (Lipinski definition) is 4. The predicted octanol–water partition coefficient (Wildman–Crippen LogP) is 3.39. The summed E-state index contributed by atoms with van der Waals surface area (Å²) in [6.45, 7) is 7.29. The average Bonchev–Trinajstić information content (AvgIpc) is 2.64. The van der Waals surface area contributed by atoms with Gasteiger partial charge in [0.2, 0.25) is 0 Å². The van der Waals surface area contributed by atoms with Gasteiger partial charge in [-0.1, -0.05) is 42.0 Å². The monoisotopic (exact) mass is 367 g/mol. The highest BCUT2D eigenvalue weighted by Gasteiger charge is 2.04. The molecule has 0 fully saturated rings. The van der Waals surface area contributed by atoms with Crippen LogP contribution in [-0.2, 0) is 13.1 Å². The summed E-state index contributed by atoms with van der Waals surface area (Å²) in [6, 6.07) is 16.1. The number of rotatable bonds is 6. The number of hydrogen-bond acceptors (Lipinski definition) is 2. The van der Waals surface area contributed by atoms with Crippen LogP contribution in [0.4, 0.5) is 10.5 Å². The van der Waals surface area contributed by atoms with Gasteiger partial charge in [-0.2, -0.15) is 0 Å². The lowest BCUT2D eigenvalue weighted by Gasteiger charge is -2.13. The molecule has 0 unspecified atom stereocenters. The Morgan fingerprint density at radius 3 is 1.93 bits per heavy atom. The lowest BCUT2D eigenvalue weighted by molar-refractivity contribution is 0.250. The maximum absolute atomic E-state index is 11.7. The first-order valence-corrected chi connectivity index (χ1v) is 9.13. The molecular formula is C21H29N5O. The Bertz CT molecular complexity index is 751. The van der Waals surface area contributed by atoms with Gasteiger partial charge in [0.1, 0.15) is 0 Å². The topological polar surface area (TPSA) is 77.6 Å². The van der Waals surface area contributed by atoms with E-state index in [0.29, 0.717) is 13.1 Å². The van der Waals surface area contributed by atoms with E-state index in [1.807, 2.05) is 38.1 Å². The molecule has 0 aliphatic rings. The smallest absolute Gasteiger partial charge is 0.319 e. The van der Waals surface area contributed by atoms with Crippen molar-refractivity contribution in [3.05, 3.63) is 65.2 Å². The molecule has 0 radical (unpaired) electrons. The molecule has 6 heteroatoms. The minimum Gasteiger partial charge on any atom is -0.352 e. The highest BCUT2D eigenvalue weighted by atomic mass is 16.2. The summed E-state index contributed by atoms with van der Waals surface area (Å²) < 4.78 is 0. The zero-order valence-corrected chi connectivity index (χ0v) is 16.5. The van der Waals surface area contributed by atoms with Crippen molar-refractivity contribution < 1.29 is 4.79 Å². The van der Waals surface area contributed by atoms with Crippen molar-refractivity contribution in [2.75, 3.05) is 12.4 Å². The number of carbonyl (C=O) groups is 1. The number of carbonyl (C=O) groups excluding carboxylic acids is 1. The van der Waals surface area contributed by atoms with Crippen LogP contribution in [0.25, 0.3) is 0 Å². The number of urea groups is 1. The number of amides is 2. The molecule has 2 aromatic rings. The average molecular weight is 367 g/mol. The number of aryl methyl sites for hydroxylation is 1.